The van der Waals surface area contributed by atoms with Crippen LogP contribution in [0, 0.1) is 0 Å². The number of hydrogen-bond acceptors (Lipinski definition) is 5. The Balaban J connectivity index is 0.000000227. The molecule has 32 heavy (non-hydrogen) atoms. The fraction of sp³-hybridized carbons (Fsp3) is 0.500. The van der Waals surface area contributed by atoms with Crippen LogP contribution >= 0.6 is 0 Å². The normalized spacial score (nSPS) is 13.3. The minimum Gasteiger partial charge on any atom is -0.286 e. The highest BCUT2D eigenvalue weighted by Gasteiger charge is 2.31. The Labute approximate surface area is 190 Å². The van der Waals surface area contributed by atoms with Crippen LogP contribution < -0.4 is 0 Å². The molecule has 2 amide bonds. The second kappa shape index (κ2) is 12.7. The Hall–Kier alpha value is -2.29. The van der Waals surface area contributed by atoms with Crippen LogP contribution in [0.3, 0.4) is 0 Å². The molecule has 7 nitrogen and oxygen atoms in total. The van der Waals surface area contributed by atoms with Crippen molar-refractivity contribution < 1.29 is 27.8 Å². The monoisotopic (exact) mass is 463 g/mol. The third-order valence-corrected chi connectivity index (χ3v) is 6.31. The summed E-state index contributed by atoms with van der Waals surface area (Å²) >= 11 is 0. The van der Waals surface area contributed by atoms with Crippen molar-refractivity contribution in [3.8, 4) is 0 Å². The predicted octanol–water partition coefficient (Wildman–Crippen LogP) is 5.62. The van der Waals surface area contributed by atoms with E-state index in [-0.39, 0.29) is 10.8 Å². The highest BCUT2D eigenvalue weighted by molar-refractivity contribution is 7.85. The summed E-state index contributed by atoms with van der Waals surface area (Å²) in [5, 5.41) is 11.0. The number of amides is 2. The van der Waals surface area contributed by atoms with Crippen molar-refractivity contribution in [1.29, 1.82) is 0 Å². The van der Waals surface area contributed by atoms with Crippen molar-refractivity contribution in [2.75, 3.05) is 5.75 Å². The second-order valence-corrected chi connectivity index (χ2v) is 9.67. The molecular weight excluding hydrogens is 430 g/mol. The van der Waals surface area contributed by atoms with E-state index in [2.05, 4.69) is 6.92 Å². The molecule has 0 aromatic heterocycles. The van der Waals surface area contributed by atoms with Gasteiger partial charge in [-0.25, -0.2) is 0 Å². The zero-order chi connectivity index (χ0) is 23.6. The van der Waals surface area contributed by atoms with E-state index in [4.69, 9.17) is 4.55 Å². The number of imide groups is 1. The summed E-state index contributed by atoms with van der Waals surface area (Å²) in [6.07, 6.45) is 11.7. The van der Waals surface area contributed by atoms with Crippen LogP contribution in [0.5, 0.6) is 0 Å². The van der Waals surface area contributed by atoms with Crippen molar-refractivity contribution in [3.05, 3.63) is 47.5 Å². The molecule has 0 unspecified atom stereocenters. The fourth-order valence-electron chi connectivity index (χ4n) is 3.79. The molecule has 0 radical (unpaired) electrons. The molecule has 0 saturated heterocycles. The van der Waals surface area contributed by atoms with Crippen molar-refractivity contribution in [1.82, 2.24) is 5.06 Å². The maximum absolute atomic E-state index is 11.7. The Kier molecular flexibility index (Phi) is 10.3. The lowest BCUT2D eigenvalue weighted by atomic mass is 9.95. The smallest absolute Gasteiger partial charge is 0.285 e. The van der Waals surface area contributed by atoms with Crippen molar-refractivity contribution in [2.24, 2.45) is 0 Å². The third-order valence-electron chi connectivity index (χ3n) is 5.51. The number of unbranched alkanes of at least 4 members (excludes halogenated alkanes) is 9. The Morgan fingerprint density at radius 2 is 1.19 bits per heavy atom. The van der Waals surface area contributed by atoms with Crippen molar-refractivity contribution in [2.45, 2.75) is 71.1 Å². The number of hydrogen-bond donors (Lipinski definition) is 2. The van der Waals surface area contributed by atoms with E-state index in [0.717, 1.165) is 18.2 Å². The van der Waals surface area contributed by atoms with Crippen LogP contribution in [0.25, 0.3) is 10.8 Å². The van der Waals surface area contributed by atoms with Gasteiger partial charge in [0.25, 0.3) is 21.9 Å². The quantitative estimate of drug-likeness (QED) is 0.194. The lowest BCUT2D eigenvalue weighted by Gasteiger charge is -2.21. The molecule has 0 saturated carbocycles. The first-order valence-corrected chi connectivity index (χ1v) is 12.9. The van der Waals surface area contributed by atoms with E-state index < -0.39 is 21.9 Å². The minimum atomic E-state index is -3.73. The van der Waals surface area contributed by atoms with Gasteiger partial charge < -0.3 is 0 Å². The topological polar surface area (TPSA) is 112 Å². The second-order valence-electron chi connectivity index (χ2n) is 8.10. The molecule has 2 aromatic carbocycles. The van der Waals surface area contributed by atoms with E-state index in [1.807, 2.05) is 12.1 Å². The van der Waals surface area contributed by atoms with Gasteiger partial charge in [0.05, 0.1) is 16.9 Å². The number of rotatable bonds is 11. The van der Waals surface area contributed by atoms with E-state index in [9.17, 15) is 23.2 Å². The summed E-state index contributed by atoms with van der Waals surface area (Å²) in [6, 6.07) is 10.3. The first-order chi connectivity index (χ1) is 15.3. The van der Waals surface area contributed by atoms with Gasteiger partial charge >= 0.3 is 0 Å². The average molecular weight is 464 g/mol. The summed E-state index contributed by atoms with van der Waals surface area (Å²) in [5.74, 6) is -1.42. The lowest BCUT2D eigenvalue weighted by Crippen LogP contribution is -2.37. The molecule has 2 N–H and O–H groups in total. The van der Waals surface area contributed by atoms with Gasteiger partial charge in [-0.15, -0.1) is 5.06 Å². The fourth-order valence-corrected chi connectivity index (χ4v) is 4.36. The summed E-state index contributed by atoms with van der Waals surface area (Å²) in [6.45, 7) is 2.22. The minimum absolute atomic E-state index is 0.0799. The Morgan fingerprint density at radius 1 is 0.750 bits per heavy atom. The van der Waals surface area contributed by atoms with Gasteiger partial charge in [0.2, 0.25) is 0 Å². The van der Waals surface area contributed by atoms with E-state index in [1.54, 1.807) is 24.3 Å². The lowest BCUT2D eigenvalue weighted by molar-refractivity contribution is -0.0377. The zero-order valence-electron chi connectivity index (χ0n) is 18.6. The highest BCUT2D eigenvalue weighted by atomic mass is 32.2. The third kappa shape index (κ3) is 7.69. The molecule has 1 heterocycles. The van der Waals surface area contributed by atoms with Crippen LogP contribution in [0.4, 0.5) is 0 Å². The SMILES string of the molecule is CCCCCCCCCCCCS(=O)(=O)O.O=C1c2cccc3cccc(c23)C(=O)N1O. The maximum Gasteiger partial charge on any atom is 0.285 e. The average Bonchev–Trinajstić information content (AvgIpc) is 2.77. The molecule has 0 spiro atoms. The molecule has 0 aliphatic carbocycles. The maximum atomic E-state index is 11.7. The summed E-state index contributed by atoms with van der Waals surface area (Å²) < 4.78 is 29.4. The number of benzene rings is 2. The van der Waals surface area contributed by atoms with Crippen LogP contribution in [0.15, 0.2) is 36.4 Å². The molecule has 0 fully saturated rings. The first-order valence-electron chi connectivity index (χ1n) is 11.3. The predicted molar refractivity (Wildman–Crippen MR) is 124 cm³/mol. The molecule has 0 bridgehead atoms. The molecule has 8 heteroatoms. The number of carbonyl (C=O) groups excluding carboxylic acids is 2. The Morgan fingerprint density at radius 3 is 1.62 bits per heavy atom. The highest BCUT2D eigenvalue weighted by Crippen LogP contribution is 2.28. The summed E-state index contributed by atoms with van der Waals surface area (Å²) in [4.78, 5) is 23.3. The molecule has 1 aliphatic rings. The van der Waals surface area contributed by atoms with Gasteiger partial charge in [0.1, 0.15) is 0 Å². The van der Waals surface area contributed by atoms with Gasteiger partial charge in [-0.1, -0.05) is 89.0 Å². The largest absolute Gasteiger partial charge is 0.286 e. The number of hydroxylamine groups is 2. The van der Waals surface area contributed by atoms with Crippen LogP contribution in [-0.4, -0.2) is 40.8 Å². The van der Waals surface area contributed by atoms with E-state index in [1.165, 1.54) is 44.9 Å². The van der Waals surface area contributed by atoms with Gasteiger partial charge in [0, 0.05) is 5.39 Å². The summed E-state index contributed by atoms with van der Waals surface area (Å²) in [5.41, 5.74) is 0.713. The van der Waals surface area contributed by atoms with E-state index >= 15 is 0 Å². The number of carbonyl (C=O) groups is 2. The van der Waals surface area contributed by atoms with Crippen molar-refractivity contribution >= 4 is 32.7 Å². The van der Waals surface area contributed by atoms with Gasteiger partial charge in [0.15, 0.2) is 0 Å². The summed E-state index contributed by atoms with van der Waals surface area (Å²) in [7, 11) is -3.73. The van der Waals surface area contributed by atoms with Gasteiger partial charge in [-0.05, 0) is 23.9 Å². The number of nitrogens with zero attached hydrogens (tertiary/aromatic N) is 1. The van der Waals surface area contributed by atoms with E-state index in [0.29, 0.717) is 22.9 Å². The zero-order valence-corrected chi connectivity index (χ0v) is 19.4. The van der Waals surface area contributed by atoms with Gasteiger partial charge in [-0.3, -0.25) is 19.3 Å². The molecule has 2 aromatic rings. The van der Waals surface area contributed by atoms with Crippen LogP contribution in [0.2, 0.25) is 0 Å². The molecule has 0 atom stereocenters. The molecule has 3 rings (SSSR count). The van der Waals surface area contributed by atoms with Crippen molar-refractivity contribution in [3.63, 3.8) is 0 Å². The standard InChI is InChI=1S/C12H7NO3.C12H26O3S/c14-11-8-5-1-3-7-4-2-6-9(10(7)8)12(15)13(11)16;1-2-3-4-5-6-7-8-9-10-11-12-16(13,14)15/h1-6,16H;2-12H2,1H3,(H,13,14,15). The molecule has 1 aliphatic heterocycles. The first kappa shape index (κ1) is 26.0. The van der Waals surface area contributed by atoms with Crippen LogP contribution in [-0.2, 0) is 10.1 Å². The molecular formula is C24H33NO6S. The molecule has 176 valence electrons. The van der Waals surface area contributed by atoms with Gasteiger partial charge in [-0.2, -0.15) is 8.42 Å². The Bertz CT molecular complexity index is 968. The van der Waals surface area contributed by atoms with Crippen LogP contribution in [0.1, 0.15) is 91.8 Å².